The van der Waals surface area contributed by atoms with E-state index in [2.05, 4.69) is 27.7 Å². The molecule has 2 unspecified atom stereocenters. The van der Waals surface area contributed by atoms with Crippen molar-refractivity contribution in [1.29, 1.82) is 0 Å². The van der Waals surface area contributed by atoms with E-state index in [1.165, 1.54) is 250 Å². The molecule has 0 heterocycles. The molecule has 0 saturated heterocycles. The van der Waals surface area contributed by atoms with Crippen LogP contribution in [-0.2, 0) is 65.4 Å². The molecule has 0 rings (SSSR count). The van der Waals surface area contributed by atoms with Gasteiger partial charge in [0.1, 0.15) is 19.3 Å². The van der Waals surface area contributed by atoms with Crippen molar-refractivity contribution in [2.24, 2.45) is 0 Å². The second kappa shape index (κ2) is 72.4. The molecule has 0 aliphatic heterocycles. The molecule has 3 N–H and O–H groups in total. The maximum atomic E-state index is 13.1. The first kappa shape index (κ1) is 95.1. The summed E-state index contributed by atoms with van der Waals surface area (Å²) < 4.78 is 68.6. The number of phosphoric ester groups is 2. The van der Waals surface area contributed by atoms with Crippen LogP contribution < -0.4 is 0 Å². The number of hydrogen-bond donors (Lipinski definition) is 3. The summed E-state index contributed by atoms with van der Waals surface area (Å²) in [6.07, 6.45) is 63.6. The largest absolute Gasteiger partial charge is 0.472 e. The Balaban J connectivity index is 5.23. The highest BCUT2D eigenvalue weighted by molar-refractivity contribution is 7.47. The van der Waals surface area contributed by atoms with Gasteiger partial charge in [-0.15, -0.1) is 0 Å². The predicted octanol–water partition coefficient (Wildman–Crippen LogP) is 23.4. The maximum absolute atomic E-state index is 13.1. The number of hydrogen-bond acceptors (Lipinski definition) is 15. The molecule has 0 saturated carbocycles. The summed E-state index contributed by atoms with van der Waals surface area (Å²) in [4.78, 5) is 72.9. The maximum Gasteiger partial charge on any atom is 0.472 e. The minimum atomic E-state index is -4.96. The Morgan fingerprint density at radius 3 is 0.608 bits per heavy atom. The van der Waals surface area contributed by atoms with Gasteiger partial charge in [-0.25, -0.2) is 9.13 Å². The van der Waals surface area contributed by atoms with Crippen molar-refractivity contribution < 1.29 is 80.2 Å². The fourth-order valence-corrected chi connectivity index (χ4v) is 13.7. The lowest BCUT2D eigenvalue weighted by Gasteiger charge is -2.21. The molecular weight excluding hydrogens is 1270 g/mol. The van der Waals surface area contributed by atoms with Crippen molar-refractivity contribution in [3.8, 4) is 0 Å². The van der Waals surface area contributed by atoms with E-state index in [1.54, 1.807) is 0 Å². The van der Waals surface area contributed by atoms with Crippen LogP contribution in [0, 0.1) is 0 Å². The lowest BCUT2D eigenvalue weighted by atomic mass is 10.0. The van der Waals surface area contributed by atoms with Crippen molar-refractivity contribution in [1.82, 2.24) is 0 Å². The Labute approximate surface area is 594 Å². The standard InChI is InChI=1S/C78H152O17P2/c1-5-9-13-17-21-25-29-33-35-36-37-38-39-41-45-49-53-57-61-65-78(83)95-74(69-89-76(81)63-59-55-51-47-44-40-34-30-26-22-18-14-10-6-2)71-93-97(86,87)91-67-72(79)66-90-96(84,85)92-70-73(94-77(82)64-60-56-52-48-43-32-28-24-20-16-12-8-4)68-88-75(80)62-58-54-50-46-42-31-27-23-19-15-11-7-3/h72-74,79H,5-71H2,1-4H3,(H,84,85)(H,86,87)/t72-,73+,74+/m0/s1. The highest BCUT2D eigenvalue weighted by Gasteiger charge is 2.30. The molecule has 0 spiro atoms. The van der Waals surface area contributed by atoms with Crippen molar-refractivity contribution in [2.75, 3.05) is 39.6 Å². The van der Waals surface area contributed by atoms with E-state index in [4.69, 9.17) is 37.0 Å². The third-order valence-electron chi connectivity index (χ3n) is 18.4. The minimum Gasteiger partial charge on any atom is -0.462 e. The van der Waals surface area contributed by atoms with Gasteiger partial charge in [-0.2, -0.15) is 0 Å². The van der Waals surface area contributed by atoms with Crippen molar-refractivity contribution in [3.05, 3.63) is 0 Å². The van der Waals surface area contributed by atoms with Gasteiger partial charge in [0, 0.05) is 25.7 Å². The summed E-state index contributed by atoms with van der Waals surface area (Å²) >= 11 is 0. The number of aliphatic hydroxyl groups excluding tert-OH is 1. The molecule has 0 aromatic rings. The van der Waals surface area contributed by atoms with Crippen LogP contribution in [0.15, 0.2) is 0 Å². The van der Waals surface area contributed by atoms with E-state index in [0.29, 0.717) is 25.7 Å². The molecule has 97 heavy (non-hydrogen) atoms. The van der Waals surface area contributed by atoms with Crippen LogP contribution in [0.5, 0.6) is 0 Å². The second-order valence-corrected chi connectivity index (χ2v) is 31.0. The van der Waals surface area contributed by atoms with E-state index in [1.807, 2.05) is 0 Å². The van der Waals surface area contributed by atoms with Crippen LogP contribution in [0.4, 0.5) is 0 Å². The summed E-state index contributed by atoms with van der Waals surface area (Å²) in [5, 5.41) is 10.6. The van der Waals surface area contributed by atoms with Gasteiger partial charge in [-0.05, 0) is 25.7 Å². The van der Waals surface area contributed by atoms with Gasteiger partial charge in [0.05, 0.1) is 26.4 Å². The van der Waals surface area contributed by atoms with Gasteiger partial charge in [0.25, 0.3) is 0 Å². The molecule has 0 fully saturated rings. The van der Waals surface area contributed by atoms with Crippen LogP contribution in [0.25, 0.3) is 0 Å². The van der Waals surface area contributed by atoms with Crippen molar-refractivity contribution >= 4 is 39.5 Å². The Bertz CT molecular complexity index is 1840. The molecular formula is C78H152O17P2. The van der Waals surface area contributed by atoms with Crippen molar-refractivity contribution in [3.63, 3.8) is 0 Å². The van der Waals surface area contributed by atoms with Gasteiger partial charge < -0.3 is 33.8 Å². The van der Waals surface area contributed by atoms with Gasteiger partial charge in [0.2, 0.25) is 0 Å². The summed E-state index contributed by atoms with van der Waals surface area (Å²) in [5.74, 6) is -2.11. The molecule has 0 aliphatic rings. The highest BCUT2D eigenvalue weighted by atomic mass is 31.2. The Hall–Kier alpha value is -1.94. The first-order valence-electron chi connectivity index (χ1n) is 40.8. The summed E-state index contributed by atoms with van der Waals surface area (Å²) in [6, 6.07) is 0. The molecule has 0 amide bonds. The average Bonchev–Trinajstić information content (AvgIpc) is 1.90. The zero-order valence-electron chi connectivity index (χ0n) is 63.1. The number of aliphatic hydroxyl groups is 1. The van der Waals surface area contributed by atoms with Gasteiger partial charge >= 0.3 is 39.5 Å². The fraction of sp³-hybridized carbons (Fsp3) is 0.949. The van der Waals surface area contributed by atoms with Gasteiger partial charge in [-0.3, -0.25) is 37.3 Å². The monoisotopic (exact) mass is 1420 g/mol. The number of esters is 4. The predicted molar refractivity (Wildman–Crippen MR) is 395 cm³/mol. The minimum absolute atomic E-state index is 0.108. The second-order valence-electron chi connectivity index (χ2n) is 28.1. The molecule has 576 valence electrons. The fourth-order valence-electron chi connectivity index (χ4n) is 12.1. The molecule has 0 radical (unpaired) electrons. The SMILES string of the molecule is CCCCCCCCCCCCCCCCCCCCCC(=O)O[C@H](COC(=O)CCCCCCCCCCCCCCCC)COP(=O)(O)OC[C@@H](O)COP(=O)(O)OC[C@@H](COC(=O)CCCCCCCCCCCCCC)OC(=O)CCCCCCCCCCCCCC. The molecule has 0 aromatic heterocycles. The first-order chi connectivity index (χ1) is 47.2. The van der Waals surface area contributed by atoms with E-state index in [0.717, 1.165) is 89.9 Å². The van der Waals surface area contributed by atoms with Crippen LogP contribution in [0.1, 0.15) is 419 Å². The zero-order chi connectivity index (χ0) is 71.1. The first-order valence-corrected chi connectivity index (χ1v) is 43.8. The van der Waals surface area contributed by atoms with E-state index in [-0.39, 0.29) is 25.7 Å². The average molecular weight is 1420 g/mol. The molecule has 17 nitrogen and oxygen atoms in total. The summed E-state index contributed by atoms with van der Waals surface area (Å²) in [5.41, 5.74) is 0. The van der Waals surface area contributed by atoms with Crippen LogP contribution in [0.3, 0.4) is 0 Å². The number of ether oxygens (including phenoxy) is 4. The Kier molecular flexibility index (Phi) is 71.0. The quantitative estimate of drug-likeness (QED) is 0.0222. The summed E-state index contributed by atoms with van der Waals surface area (Å²) in [7, 11) is -9.91. The third-order valence-corrected chi connectivity index (χ3v) is 20.3. The highest BCUT2D eigenvalue weighted by Crippen LogP contribution is 2.45. The van der Waals surface area contributed by atoms with Crippen molar-refractivity contribution in [2.45, 2.75) is 438 Å². The molecule has 0 aliphatic carbocycles. The Morgan fingerprint density at radius 1 is 0.247 bits per heavy atom. The summed E-state index contributed by atoms with van der Waals surface area (Å²) in [6.45, 7) is 5.01. The third kappa shape index (κ3) is 72.2. The smallest absolute Gasteiger partial charge is 0.462 e. The number of carbonyl (C=O) groups excluding carboxylic acids is 4. The normalized spacial score (nSPS) is 13.8. The van der Waals surface area contributed by atoms with E-state index in [9.17, 15) is 43.2 Å². The molecule has 19 heteroatoms. The topological polar surface area (TPSA) is 237 Å². The number of phosphoric acid groups is 2. The lowest BCUT2D eigenvalue weighted by molar-refractivity contribution is -0.161. The number of rotatable bonds is 79. The van der Waals surface area contributed by atoms with Gasteiger partial charge in [-0.1, -0.05) is 368 Å². The van der Waals surface area contributed by atoms with E-state index < -0.39 is 97.5 Å². The van der Waals surface area contributed by atoms with E-state index >= 15 is 0 Å². The van der Waals surface area contributed by atoms with Crippen LogP contribution in [-0.4, -0.2) is 96.7 Å². The molecule has 0 bridgehead atoms. The van der Waals surface area contributed by atoms with Crippen LogP contribution in [0.2, 0.25) is 0 Å². The Morgan fingerprint density at radius 2 is 0.412 bits per heavy atom. The zero-order valence-corrected chi connectivity index (χ0v) is 64.8. The number of carbonyl (C=O) groups is 4. The van der Waals surface area contributed by atoms with Crippen LogP contribution >= 0.6 is 15.6 Å². The van der Waals surface area contributed by atoms with Gasteiger partial charge in [0.15, 0.2) is 12.2 Å². The molecule has 5 atom stereocenters. The molecule has 0 aromatic carbocycles. The number of unbranched alkanes of at least 4 members (excludes halogenated alkanes) is 53. The lowest BCUT2D eigenvalue weighted by Crippen LogP contribution is -2.30.